The van der Waals surface area contributed by atoms with Gasteiger partial charge in [-0.2, -0.15) is 0 Å². The minimum absolute atomic E-state index is 0.350. The molecule has 0 saturated carbocycles. The summed E-state index contributed by atoms with van der Waals surface area (Å²) in [6.07, 6.45) is 3.21. The van der Waals surface area contributed by atoms with Crippen LogP contribution < -0.4 is 5.73 Å². The van der Waals surface area contributed by atoms with Crippen molar-refractivity contribution in [3.8, 4) is 5.75 Å². The monoisotopic (exact) mass is 245 g/mol. The molecule has 0 atom stereocenters. The Hall–Kier alpha value is -0.870. The van der Waals surface area contributed by atoms with Crippen LogP contribution in [-0.2, 0) is 0 Å². The molecular weight excluding hydrogens is 237 g/mol. The van der Waals surface area contributed by atoms with E-state index in [-0.39, 0.29) is 5.75 Å². The lowest BCUT2D eigenvalue weighted by Gasteiger charge is -2.02. The van der Waals surface area contributed by atoms with E-state index >= 15 is 0 Å². The third kappa shape index (κ3) is 2.29. The second kappa shape index (κ2) is 4.39. The molecule has 0 heterocycles. The maximum Gasteiger partial charge on any atom is 0.165 e. The number of nitrogens with two attached hydrogens (primary N) is 1. The van der Waals surface area contributed by atoms with Crippen molar-refractivity contribution in [3.05, 3.63) is 34.1 Å². The second-order valence-electron chi connectivity index (χ2n) is 2.43. The van der Waals surface area contributed by atoms with Crippen LogP contribution in [0.3, 0.4) is 0 Å². The summed E-state index contributed by atoms with van der Waals surface area (Å²) in [6.45, 7) is 0.350. The standard InChI is InChI=1S/C9H9BrFNO/c10-7-3-4-8(11)9(13)6(7)2-1-5-12/h1-4,13H,5,12H2/b2-1+. The Morgan fingerprint density at radius 2 is 2.23 bits per heavy atom. The molecule has 3 N–H and O–H groups in total. The summed E-state index contributed by atoms with van der Waals surface area (Å²) >= 11 is 3.19. The molecule has 0 fully saturated rings. The lowest BCUT2D eigenvalue weighted by Crippen LogP contribution is -1.92. The summed E-state index contributed by atoms with van der Waals surface area (Å²) in [5.41, 5.74) is 5.64. The summed E-state index contributed by atoms with van der Waals surface area (Å²) in [7, 11) is 0. The third-order valence-electron chi connectivity index (χ3n) is 1.54. The van der Waals surface area contributed by atoms with Gasteiger partial charge in [-0.25, -0.2) is 4.39 Å². The number of rotatable bonds is 2. The molecule has 0 saturated heterocycles. The van der Waals surface area contributed by atoms with Crippen LogP contribution >= 0.6 is 15.9 Å². The molecule has 2 nitrogen and oxygen atoms in total. The fourth-order valence-electron chi connectivity index (χ4n) is 0.901. The highest BCUT2D eigenvalue weighted by Gasteiger charge is 2.07. The molecule has 1 aromatic carbocycles. The van der Waals surface area contributed by atoms with Gasteiger partial charge in [-0.3, -0.25) is 0 Å². The van der Waals surface area contributed by atoms with E-state index in [9.17, 15) is 9.50 Å². The first-order valence-electron chi connectivity index (χ1n) is 3.70. The van der Waals surface area contributed by atoms with E-state index in [4.69, 9.17) is 5.73 Å². The summed E-state index contributed by atoms with van der Waals surface area (Å²) in [5.74, 6) is -1.00. The maximum absolute atomic E-state index is 12.9. The van der Waals surface area contributed by atoms with Crippen LogP contribution in [0.4, 0.5) is 4.39 Å². The van der Waals surface area contributed by atoms with Gasteiger partial charge in [-0.05, 0) is 12.1 Å². The highest BCUT2D eigenvalue weighted by atomic mass is 79.9. The van der Waals surface area contributed by atoms with Crippen molar-refractivity contribution in [1.29, 1.82) is 0 Å². The minimum atomic E-state index is -0.639. The molecule has 0 aliphatic rings. The van der Waals surface area contributed by atoms with Gasteiger partial charge >= 0.3 is 0 Å². The topological polar surface area (TPSA) is 46.2 Å². The van der Waals surface area contributed by atoms with Crippen LogP contribution in [-0.4, -0.2) is 11.7 Å². The predicted molar refractivity (Wildman–Crippen MR) is 53.9 cm³/mol. The number of phenols is 1. The van der Waals surface area contributed by atoms with Crippen molar-refractivity contribution in [2.24, 2.45) is 5.73 Å². The summed E-state index contributed by atoms with van der Waals surface area (Å²) in [6, 6.07) is 2.73. The fourth-order valence-corrected chi connectivity index (χ4v) is 1.35. The predicted octanol–water partition coefficient (Wildman–Crippen LogP) is 2.27. The van der Waals surface area contributed by atoms with Crippen molar-refractivity contribution in [2.45, 2.75) is 0 Å². The molecule has 1 rings (SSSR count). The zero-order valence-corrected chi connectivity index (χ0v) is 8.38. The lowest BCUT2D eigenvalue weighted by molar-refractivity contribution is 0.431. The molecule has 0 aromatic heterocycles. The van der Waals surface area contributed by atoms with Gasteiger partial charge in [0.05, 0.1) is 0 Å². The first-order chi connectivity index (χ1) is 6.16. The SMILES string of the molecule is NC/C=C/c1c(Br)ccc(F)c1O. The van der Waals surface area contributed by atoms with E-state index in [2.05, 4.69) is 15.9 Å². The Morgan fingerprint density at radius 1 is 1.54 bits per heavy atom. The van der Waals surface area contributed by atoms with Crippen molar-refractivity contribution < 1.29 is 9.50 Å². The lowest BCUT2D eigenvalue weighted by atomic mass is 10.2. The highest BCUT2D eigenvalue weighted by Crippen LogP contribution is 2.29. The van der Waals surface area contributed by atoms with Crippen LogP contribution in [0.2, 0.25) is 0 Å². The van der Waals surface area contributed by atoms with E-state index < -0.39 is 5.82 Å². The van der Waals surface area contributed by atoms with Crippen LogP contribution in [0.5, 0.6) is 5.75 Å². The van der Waals surface area contributed by atoms with Gasteiger partial charge in [0.1, 0.15) is 0 Å². The van der Waals surface area contributed by atoms with E-state index in [1.807, 2.05) is 0 Å². The molecule has 0 unspecified atom stereocenters. The number of hydrogen-bond donors (Lipinski definition) is 2. The van der Waals surface area contributed by atoms with E-state index in [0.29, 0.717) is 16.6 Å². The normalized spacial score (nSPS) is 11.0. The smallest absolute Gasteiger partial charge is 0.165 e. The van der Waals surface area contributed by atoms with Gasteiger partial charge in [0, 0.05) is 16.6 Å². The summed E-state index contributed by atoms with van der Waals surface area (Å²) in [5, 5.41) is 9.31. The van der Waals surface area contributed by atoms with Crippen molar-refractivity contribution in [3.63, 3.8) is 0 Å². The third-order valence-corrected chi connectivity index (χ3v) is 2.23. The van der Waals surface area contributed by atoms with E-state index in [1.165, 1.54) is 12.1 Å². The molecule has 4 heteroatoms. The molecule has 70 valence electrons. The quantitative estimate of drug-likeness (QED) is 0.840. The number of hydrogen-bond acceptors (Lipinski definition) is 2. The molecule has 0 bridgehead atoms. The molecule has 0 spiro atoms. The van der Waals surface area contributed by atoms with Crippen molar-refractivity contribution >= 4 is 22.0 Å². The van der Waals surface area contributed by atoms with Gasteiger partial charge in [0.15, 0.2) is 11.6 Å². The first-order valence-corrected chi connectivity index (χ1v) is 4.49. The second-order valence-corrected chi connectivity index (χ2v) is 3.28. The van der Waals surface area contributed by atoms with Gasteiger partial charge in [0.25, 0.3) is 0 Å². The largest absolute Gasteiger partial charge is 0.504 e. The van der Waals surface area contributed by atoms with Gasteiger partial charge in [-0.1, -0.05) is 28.1 Å². The number of phenolic OH excluding ortho intramolecular Hbond substituents is 1. The molecule has 1 aromatic rings. The molecular formula is C9H9BrFNO. The molecule has 0 aliphatic heterocycles. The average Bonchev–Trinajstić information content (AvgIpc) is 2.12. The average molecular weight is 246 g/mol. The highest BCUT2D eigenvalue weighted by molar-refractivity contribution is 9.10. The Balaban J connectivity index is 3.17. The molecule has 13 heavy (non-hydrogen) atoms. The van der Waals surface area contributed by atoms with Crippen LogP contribution in [0.15, 0.2) is 22.7 Å². The van der Waals surface area contributed by atoms with Gasteiger partial charge in [0.2, 0.25) is 0 Å². The zero-order valence-electron chi connectivity index (χ0n) is 6.80. The Bertz CT molecular complexity index is 339. The molecule has 0 radical (unpaired) electrons. The van der Waals surface area contributed by atoms with Crippen LogP contribution in [0.1, 0.15) is 5.56 Å². The van der Waals surface area contributed by atoms with E-state index in [0.717, 1.165) is 0 Å². The minimum Gasteiger partial charge on any atom is -0.504 e. The van der Waals surface area contributed by atoms with Crippen LogP contribution in [0, 0.1) is 5.82 Å². The van der Waals surface area contributed by atoms with Gasteiger partial charge in [-0.15, -0.1) is 0 Å². The number of benzene rings is 1. The Morgan fingerprint density at radius 3 is 2.85 bits per heavy atom. The number of halogens is 2. The van der Waals surface area contributed by atoms with Crippen LogP contribution in [0.25, 0.3) is 6.08 Å². The summed E-state index contributed by atoms with van der Waals surface area (Å²) < 4.78 is 13.5. The molecule has 0 aliphatic carbocycles. The first kappa shape index (κ1) is 10.2. The van der Waals surface area contributed by atoms with Crippen molar-refractivity contribution in [2.75, 3.05) is 6.54 Å². The van der Waals surface area contributed by atoms with Gasteiger partial charge < -0.3 is 10.8 Å². The Labute approximate surface area is 84.0 Å². The Kier molecular flexibility index (Phi) is 3.45. The zero-order chi connectivity index (χ0) is 9.84. The van der Waals surface area contributed by atoms with Crippen molar-refractivity contribution in [1.82, 2.24) is 0 Å². The van der Waals surface area contributed by atoms with E-state index in [1.54, 1.807) is 12.2 Å². The fraction of sp³-hybridized carbons (Fsp3) is 0.111. The molecule has 0 amide bonds. The maximum atomic E-state index is 12.9. The number of aromatic hydroxyl groups is 1. The summed E-state index contributed by atoms with van der Waals surface area (Å²) in [4.78, 5) is 0.